The van der Waals surface area contributed by atoms with E-state index in [0.717, 1.165) is 55.6 Å². The minimum atomic E-state index is -0.0453. The predicted molar refractivity (Wildman–Crippen MR) is 108 cm³/mol. The molecule has 1 aromatic carbocycles. The van der Waals surface area contributed by atoms with Gasteiger partial charge in [-0.1, -0.05) is 18.0 Å². The number of aromatic nitrogens is 2. The lowest BCUT2D eigenvalue weighted by Gasteiger charge is -2.31. The Bertz CT molecular complexity index is 836. The summed E-state index contributed by atoms with van der Waals surface area (Å²) in [4.78, 5) is 26.5. The van der Waals surface area contributed by atoms with Gasteiger partial charge in [-0.25, -0.2) is 9.97 Å². The van der Waals surface area contributed by atoms with Gasteiger partial charge in [-0.05, 0) is 57.5 Å². The van der Waals surface area contributed by atoms with Gasteiger partial charge in [0.05, 0.1) is 18.1 Å². The van der Waals surface area contributed by atoms with Crippen LogP contribution >= 0.6 is 11.6 Å². The minimum Gasteiger partial charge on any atom is -0.356 e. The number of likely N-dealkylation sites (N-methyl/N-ethyl adjacent to an activating group) is 1. The van der Waals surface area contributed by atoms with E-state index in [4.69, 9.17) is 16.6 Å². The maximum atomic E-state index is 12.6. The van der Waals surface area contributed by atoms with Crippen molar-refractivity contribution in [1.29, 1.82) is 0 Å². The van der Waals surface area contributed by atoms with E-state index < -0.39 is 0 Å². The quantitative estimate of drug-likeness (QED) is 0.873. The first kappa shape index (κ1) is 18.4. The molecule has 2 fully saturated rings. The predicted octanol–water partition coefficient (Wildman–Crippen LogP) is 2.98. The zero-order valence-electron chi connectivity index (χ0n) is 15.7. The van der Waals surface area contributed by atoms with Crippen LogP contribution in [-0.2, 0) is 11.3 Å². The number of nitrogens with one attached hydrogen (secondary N) is 1. The molecular weight excluding hydrogens is 362 g/mol. The van der Waals surface area contributed by atoms with Crippen LogP contribution in [-0.4, -0.2) is 53.5 Å². The second-order valence-corrected chi connectivity index (χ2v) is 7.97. The highest BCUT2D eigenvalue weighted by atomic mass is 35.5. The van der Waals surface area contributed by atoms with Crippen molar-refractivity contribution in [2.75, 3.05) is 31.6 Å². The number of nitrogens with zero attached hydrogens (tertiary/aromatic N) is 4. The lowest BCUT2D eigenvalue weighted by atomic mass is 10.0. The molecule has 1 N–H and O–H groups in total. The summed E-state index contributed by atoms with van der Waals surface area (Å²) in [6, 6.07) is 5.67. The van der Waals surface area contributed by atoms with Crippen molar-refractivity contribution < 1.29 is 4.79 Å². The highest BCUT2D eigenvalue weighted by Crippen LogP contribution is 2.29. The number of carbonyl (C=O) groups is 1. The van der Waals surface area contributed by atoms with E-state index in [9.17, 15) is 4.79 Å². The summed E-state index contributed by atoms with van der Waals surface area (Å²) in [5, 5.41) is 4.71. The summed E-state index contributed by atoms with van der Waals surface area (Å²) in [5.74, 6) is 1.65. The average molecular weight is 388 g/mol. The van der Waals surface area contributed by atoms with Crippen molar-refractivity contribution >= 4 is 34.2 Å². The number of amides is 1. The summed E-state index contributed by atoms with van der Waals surface area (Å²) in [6.07, 6.45) is 5.53. The Morgan fingerprint density at radius 3 is 2.74 bits per heavy atom. The standard InChI is InChI=1S/C20H26ClN5O/c1-25-9-3-2-6-17(25)20(27)22-13-18-23-16-8-7-14(21)12-15(16)19(24-18)26-10-4-5-11-26/h7-8,12,17H,2-6,9-11,13H2,1H3,(H,22,27). The Morgan fingerprint density at radius 2 is 1.96 bits per heavy atom. The lowest BCUT2D eigenvalue weighted by Crippen LogP contribution is -2.47. The fourth-order valence-corrected chi connectivity index (χ4v) is 4.24. The summed E-state index contributed by atoms with van der Waals surface area (Å²) in [7, 11) is 2.02. The molecule has 0 bridgehead atoms. The molecule has 1 unspecified atom stereocenters. The molecule has 1 atom stereocenters. The largest absolute Gasteiger partial charge is 0.356 e. The van der Waals surface area contributed by atoms with Gasteiger partial charge in [0.25, 0.3) is 0 Å². The smallest absolute Gasteiger partial charge is 0.237 e. The number of benzene rings is 1. The van der Waals surface area contributed by atoms with Gasteiger partial charge in [0.15, 0.2) is 5.82 Å². The zero-order valence-corrected chi connectivity index (χ0v) is 16.5. The molecule has 4 rings (SSSR count). The fourth-order valence-electron chi connectivity index (χ4n) is 4.07. The summed E-state index contributed by atoms with van der Waals surface area (Å²) in [6.45, 7) is 3.32. The van der Waals surface area contributed by atoms with Crippen LogP contribution in [0.25, 0.3) is 10.9 Å². The highest BCUT2D eigenvalue weighted by Gasteiger charge is 2.26. The molecule has 144 valence electrons. The third-order valence-electron chi connectivity index (χ3n) is 5.58. The SMILES string of the molecule is CN1CCCCC1C(=O)NCc1nc(N2CCCC2)c2cc(Cl)ccc2n1. The Morgan fingerprint density at radius 1 is 1.19 bits per heavy atom. The molecule has 0 spiro atoms. The van der Waals surface area contributed by atoms with E-state index in [1.165, 1.54) is 12.8 Å². The van der Waals surface area contributed by atoms with Crippen LogP contribution in [0.4, 0.5) is 5.82 Å². The van der Waals surface area contributed by atoms with Gasteiger partial charge >= 0.3 is 0 Å². The van der Waals surface area contributed by atoms with Crippen LogP contribution in [0.2, 0.25) is 5.02 Å². The van der Waals surface area contributed by atoms with Crippen molar-refractivity contribution in [3.05, 3.63) is 29.0 Å². The molecule has 2 aromatic rings. The second kappa shape index (κ2) is 7.98. The molecule has 6 nitrogen and oxygen atoms in total. The molecule has 2 saturated heterocycles. The first-order valence-electron chi connectivity index (χ1n) is 9.81. The number of rotatable bonds is 4. The summed E-state index contributed by atoms with van der Waals surface area (Å²) in [5.41, 5.74) is 0.871. The van der Waals surface area contributed by atoms with Crippen LogP contribution in [0.5, 0.6) is 0 Å². The van der Waals surface area contributed by atoms with Gasteiger partial charge in [0.2, 0.25) is 5.91 Å². The molecule has 2 aliphatic rings. The molecule has 2 aliphatic heterocycles. The Labute approximate surface area is 164 Å². The van der Waals surface area contributed by atoms with E-state index in [1.54, 1.807) is 0 Å². The second-order valence-electron chi connectivity index (χ2n) is 7.53. The minimum absolute atomic E-state index is 0.0453. The van der Waals surface area contributed by atoms with E-state index in [1.807, 2.05) is 25.2 Å². The fraction of sp³-hybridized carbons (Fsp3) is 0.550. The Hall–Kier alpha value is -1.92. The molecule has 0 aliphatic carbocycles. The zero-order chi connectivity index (χ0) is 18.8. The number of fused-ring (bicyclic) bond motifs is 1. The number of halogens is 1. The van der Waals surface area contributed by atoms with Gasteiger partial charge in [0, 0.05) is 23.5 Å². The molecule has 27 heavy (non-hydrogen) atoms. The number of anilines is 1. The third kappa shape index (κ3) is 4.01. The van der Waals surface area contributed by atoms with Gasteiger partial charge in [0.1, 0.15) is 5.82 Å². The summed E-state index contributed by atoms with van der Waals surface area (Å²) < 4.78 is 0. The van der Waals surface area contributed by atoms with Gasteiger partial charge in [-0.3, -0.25) is 9.69 Å². The van der Waals surface area contributed by atoms with E-state index in [0.29, 0.717) is 17.4 Å². The van der Waals surface area contributed by atoms with Crippen LogP contribution in [0.3, 0.4) is 0 Å². The maximum Gasteiger partial charge on any atom is 0.237 e. The molecule has 0 saturated carbocycles. The van der Waals surface area contributed by atoms with Crippen LogP contribution in [0.15, 0.2) is 18.2 Å². The topological polar surface area (TPSA) is 61.4 Å². The third-order valence-corrected chi connectivity index (χ3v) is 5.82. The molecule has 0 radical (unpaired) electrons. The van der Waals surface area contributed by atoms with Crippen molar-refractivity contribution in [3.8, 4) is 0 Å². The van der Waals surface area contributed by atoms with Crippen LogP contribution < -0.4 is 10.2 Å². The van der Waals surface area contributed by atoms with Crippen molar-refractivity contribution in [2.45, 2.75) is 44.7 Å². The van der Waals surface area contributed by atoms with E-state index in [-0.39, 0.29) is 11.9 Å². The first-order valence-corrected chi connectivity index (χ1v) is 10.2. The van der Waals surface area contributed by atoms with Gasteiger partial charge in [-0.15, -0.1) is 0 Å². The Balaban J connectivity index is 1.56. The Kier molecular flexibility index (Phi) is 5.45. The molecule has 3 heterocycles. The normalized spacial score (nSPS) is 21.0. The molecular formula is C20H26ClN5O. The number of likely N-dealkylation sites (tertiary alicyclic amines) is 1. The van der Waals surface area contributed by atoms with Crippen molar-refractivity contribution in [3.63, 3.8) is 0 Å². The molecule has 7 heteroatoms. The van der Waals surface area contributed by atoms with Crippen molar-refractivity contribution in [2.24, 2.45) is 0 Å². The first-order chi connectivity index (χ1) is 13.1. The number of hydrogen-bond acceptors (Lipinski definition) is 5. The monoisotopic (exact) mass is 387 g/mol. The van der Waals surface area contributed by atoms with Crippen molar-refractivity contribution in [1.82, 2.24) is 20.2 Å². The highest BCUT2D eigenvalue weighted by molar-refractivity contribution is 6.31. The van der Waals surface area contributed by atoms with E-state index in [2.05, 4.69) is 20.1 Å². The van der Waals surface area contributed by atoms with Gasteiger partial charge in [-0.2, -0.15) is 0 Å². The van der Waals surface area contributed by atoms with Gasteiger partial charge < -0.3 is 10.2 Å². The summed E-state index contributed by atoms with van der Waals surface area (Å²) >= 11 is 6.20. The number of hydrogen-bond donors (Lipinski definition) is 1. The number of carbonyl (C=O) groups excluding carboxylic acids is 1. The van der Waals surface area contributed by atoms with Crippen LogP contribution in [0.1, 0.15) is 37.9 Å². The maximum absolute atomic E-state index is 12.6. The van der Waals surface area contributed by atoms with E-state index >= 15 is 0 Å². The number of piperidine rings is 1. The molecule has 1 amide bonds. The average Bonchev–Trinajstić information content (AvgIpc) is 3.20. The molecule has 1 aromatic heterocycles. The lowest BCUT2D eigenvalue weighted by molar-refractivity contribution is -0.127. The van der Waals surface area contributed by atoms with Crippen LogP contribution in [0, 0.1) is 0 Å².